The summed E-state index contributed by atoms with van der Waals surface area (Å²) < 4.78 is 0. The largest absolute Gasteiger partial charge is 0.310 e. The molecule has 3 heteroatoms. The maximum absolute atomic E-state index is 4.20. The molecule has 1 saturated carbocycles. The molecule has 0 spiro atoms. The van der Waals surface area contributed by atoms with Gasteiger partial charge in [-0.2, -0.15) is 0 Å². The third-order valence-electron chi connectivity index (χ3n) is 2.19. The molecule has 1 aliphatic rings. The van der Waals surface area contributed by atoms with Crippen molar-refractivity contribution in [3.8, 4) is 0 Å². The van der Waals surface area contributed by atoms with Crippen LogP contribution < -0.4 is 5.32 Å². The van der Waals surface area contributed by atoms with E-state index in [9.17, 15) is 0 Å². The van der Waals surface area contributed by atoms with Crippen molar-refractivity contribution < 1.29 is 0 Å². The lowest BCUT2D eigenvalue weighted by Gasteiger charge is -1.99. The van der Waals surface area contributed by atoms with Gasteiger partial charge in [0, 0.05) is 18.1 Å². The van der Waals surface area contributed by atoms with Crippen LogP contribution in [0.2, 0.25) is 0 Å². The second-order valence-electron chi connectivity index (χ2n) is 3.33. The van der Waals surface area contributed by atoms with Crippen LogP contribution in [0, 0.1) is 5.92 Å². The van der Waals surface area contributed by atoms with E-state index < -0.39 is 0 Å². The van der Waals surface area contributed by atoms with Crippen molar-refractivity contribution in [1.82, 2.24) is 10.3 Å². The number of hydrogen-bond donors (Lipinski definition) is 1. The molecule has 2 rings (SSSR count). The third-order valence-corrected chi connectivity index (χ3v) is 2.97. The fourth-order valence-corrected chi connectivity index (χ4v) is 1.83. The normalized spacial score (nSPS) is 16.7. The second kappa shape index (κ2) is 4.01. The number of aromatic nitrogens is 1. The van der Waals surface area contributed by atoms with Gasteiger partial charge >= 0.3 is 0 Å². The van der Waals surface area contributed by atoms with E-state index >= 15 is 0 Å². The van der Waals surface area contributed by atoms with Gasteiger partial charge in [-0.1, -0.05) is 12.8 Å². The van der Waals surface area contributed by atoms with Gasteiger partial charge in [-0.15, -0.1) is 11.3 Å². The lowest BCUT2D eigenvalue weighted by atomic mass is 10.3. The fraction of sp³-hybridized carbons (Fsp3) is 0.667. The molecule has 1 aromatic rings. The number of nitrogens with zero attached hydrogens (tertiary/aromatic N) is 1. The lowest BCUT2D eigenvalue weighted by molar-refractivity contribution is 0.611. The molecule has 0 aromatic carbocycles. The minimum atomic E-state index is 0.949. The Morgan fingerprint density at radius 2 is 2.50 bits per heavy atom. The molecule has 0 radical (unpaired) electrons. The molecule has 12 heavy (non-hydrogen) atoms. The maximum atomic E-state index is 4.20. The summed E-state index contributed by atoms with van der Waals surface area (Å²) in [6.45, 7) is 2.11. The van der Waals surface area contributed by atoms with E-state index in [-0.39, 0.29) is 0 Å². The summed E-state index contributed by atoms with van der Waals surface area (Å²) in [4.78, 5) is 4.20. The van der Waals surface area contributed by atoms with Crippen LogP contribution in [0.25, 0.3) is 0 Å². The van der Waals surface area contributed by atoms with Crippen LogP contribution >= 0.6 is 11.3 Å². The van der Waals surface area contributed by atoms with Crippen molar-refractivity contribution in [3.63, 3.8) is 0 Å². The number of hydrogen-bond acceptors (Lipinski definition) is 3. The van der Waals surface area contributed by atoms with Gasteiger partial charge in [-0.05, 0) is 18.9 Å². The molecule has 0 atom stereocenters. The Labute approximate surface area is 77.0 Å². The average Bonchev–Trinajstić information content (AvgIpc) is 2.76. The molecule has 66 valence electrons. The van der Waals surface area contributed by atoms with Crippen LogP contribution in [0.1, 0.15) is 24.3 Å². The van der Waals surface area contributed by atoms with Crippen LogP contribution in [0.15, 0.2) is 11.6 Å². The van der Waals surface area contributed by atoms with Crippen molar-refractivity contribution in [2.24, 2.45) is 5.92 Å². The fourth-order valence-electron chi connectivity index (χ4n) is 1.25. The van der Waals surface area contributed by atoms with E-state index in [1.165, 1.54) is 24.3 Å². The molecule has 1 aromatic heterocycles. The molecule has 1 fully saturated rings. The second-order valence-corrected chi connectivity index (χ2v) is 4.31. The Kier molecular flexibility index (Phi) is 2.74. The molecule has 1 aliphatic carbocycles. The van der Waals surface area contributed by atoms with Gasteiger partial charge in [0.05, 0.1) is 0 Å². The topological polar surface area (TPSA) is 24.9 Å². The number of rotatable bonds is 5. The summed E-state index contributed by atoms with van der Waals surface area (Å²) >= 11 is 1.72. The predicted molar refractivity (Wildman–Crippen MR) is 51.2 cm³/mol. The highest BCUT2D eigenvalue weighted by atomic mass is 32.1. The monoisotopic (exact) mass is 182 g/mol. The summed E-state index contributed by atoms with van der Waals surface area (Å²) in [7, 11) is 0. The molecule has 1 heterocycles. The molecule has 2 nitrogen and oxygen atoms in total. The van der Waals surface area contributed by atoms with Gasteiger partial charge in [0.2, 0.25) is 0 Å². The van der Waals surface area contributed by atoms with Gasteiger partial charge in [0.15, 0.2) is 0 Å². The molecular weight excluding hydrogens is 168 g/mol. The summed E-state index contributed by atoms with van der Waals surface area (Å²) in [6, 6.07) is 0. The first kappa shape index (κ1) is 8.20. The van der Waals surface area contributed by atoms with Crippen LogP contribution in [0.4, 0.5) is 0 Å². The maximum Gasteiger partial charge on any atom is 0.106 e. The Morgan fingerprint density at radius 3 is 3.17 bits per heavy atom. The summed E-state index contributed by atoms with van der Waals surface area (Å²) in [5, 5.41) is 6.63. The standard InChI is InChI=1S/C9H14N2S/c1-2-8(1)3-4-10-7-9-11-5-6-12-9/h5-6,8,10H,1-4,7H2. The van der Waals surface area contributed by atoms with Gasteiger partial charge < -0.3 is 5.32 Å². The number of nitrogens with one attached hydrogen (secondary N) is 1. The van der Waals surface area contributed by atoms with E-state index in [0.29, 0.717) is 0 Å². The van der Waals surface area contributed by atoms with Crippen molar-refractivity contribution in [1.29, 1.82) is 0 Å². The zero-order valence-corrected chi connectivity index (χ0v) is 7.94. The molecule has 0 aliphatic heterocycles. The van der Waals surface area contributed by atoms with Crippen molar-refractivity contribution >= 4 is 11.3 Å². The summed E-state index contributed by atoms with van der Waals surface area (Å²) in [6.07, 6.45) is 6.13. The molecule has 0 amide bonds. The Bertz CT molecular complexity index is 216. The molecule has 1 N–H and O–H groups in total. The predicted octanol–water partition coefficient (Wildman–Crippen LogP) is 2.03. The smallest absolute Gasteiger partial charge is 0.106 e. The zero-order valence-electron chi connectivity index (χ0n) is 7.12. The zero-order chi connectivity index (χ0) is 8.23. The van der Waals surface area contributed by atoms with E-state index in [2.05, 4.69) is 10.3 Å². The highest BCUT2D eigenvalue weighted by Crippen LogP contribution is 2.31. The Balaban J connectivity index is 1.56. The van der Waals surface area contributed by atoms with Gasteiger partial charge in [-0.3, -0.25) is 0 Å². The quantitative estimate of drug-likeness (QED) is 0.705. The Morgan fingerprint density at radius 1 is 1.58 bits per heavy atom. The highest BCUT2D eigenvalue weighted by Gasteiger charge is 2.19. The SMILES string of the molecule is c1csc(CNCCC2CC2)n1. The molecular formula is C9H14N2S. The van der Waals surface area contributed by atoms with E-state index in [0.717, 1.165) is 19.0 Å². The van der Waals surface area contributed by atoms with Crippen LogP contribution in [0.3, 0.4) is 0 Å². The van der Waals surface area contributed by atoms with E-state index in [1.54, 1.807) is 11.3 Å². The van der Waals surface area contributed by atoms with Gasteiger partial charge in [0.25, 0.3) is 0 Å². The van der Waals surface area contributed by atoms with E-state index in [4.69, 9.17) is 0 Å². The first-order chi connectivity index (χ1) is 5.95. The molecule has 0 unspecified atom stereocenters. The highest BCUT2D eigenvalue weighted by molar-refractivity contribution is 7.09. The summed E-state index contributed by atoms with van der Waals surface area (Å²) in [5.41, 5.74) is 0. The van der Waals surface area contributed by atoms with Crippen molar-refractivity contribution in [2.75, 3.05) is 6.54 Å². The van der Waals surface area contributed by atoms with Crippen LogP contribution in [-0.4, -0.2) is 11.5 Å². The van der Waals surface area contributed by atoms with E-state index in [1.807, 2.05) is 11.6 Å². The molecule has 0 bridgehead atoms. The lowest BCUT2D eigenvalue weighted by Crippen LogP contribution is -2.14. The molecule has 0 saturated heterocycles. The van der Waals surface area contributed by atoms with Crippen LogP contribution in [-0.2, 0) is 6.54 Å². The third kappa shape index (κ3) is 2.57. The van der Waals surface area contributed by atoms with Gasteiger partial charge in [-0.25, -0.2) is 4.98 Å². The minimum absolute atomic E-state index is 0.949. The van der Waals surface area contributed by atoms with Gasteiger partial charge in [0.1, 0.15) is 5.01 Å². The number of thiazole rings is 1. The van der Waals surface area contributed by atoms with Crippen LogP contribution in [0.5, 0.6) is 0 Å². The first-order valence-corrected chi connectivity index (χ1v) is 5.42. The minimum Gasteiger partial charge on any atom is -0.310 e. The first-order valence-electron chi connectivity index (χ1n) is 4.54. The summed E-state index contributed by atoms with van der Waals surface area (Å²) in [5.74, 6) is 1.04. The Hall–Kier alpha value is -0.410. The average molecular weight is 182 g/mol. The van der Waals surface area contributed by atoms with Crippen molar-refractivity contribution in [3.05, 3.63) is 16.6 Å². The van der Waals surface area contributed by atoms with Crippen molar-refractivity contribution in [2.45, 2.75) is 25.8 Å².